The van der Waals surface area contributed by atoms with Crippen molar-refractivity contribution in [3.05, 3.63) is 34.1 Å². The number of rotatable bonds is 3. The first kappa shape index (κ1) is 14.0. The molecule has 0 bridgehead atoms. The first-order chi connectivity index (χ1) is 7.71. The SMILES string of the molecule is O=C(O)CC(c1ccc(Br)c(F)c1)C(F)(F)F. The molecule has 0 aliphatic heterocycles. The lowest BCUT2D eigenvalue weighted by atomic mass is 9.95. The summed E-state index contributed by atoms with van der Waals surface area (Å²) in [4.78, 5) is 10.4. The number of carboxylic acids is 1. The van der Waals surface area contributed by atoms with Gasteiger partial charge in [-0.25, -0.2) is 4.39 Å². The molecule has 7 heteroatoms. The van der Waals surface area contributed by atoms with Crippen molar-refractivity contribution in [1.29, 1.82) is 0 Å². The Morgan fingerprint density at radius 2 is 2.00 bits per heavy atom. The van der Waals surface area contributed by atoms with Gasteiger partial charge in [-0.2, -0.15) is 13.2 Å². The molecule has 0 aliphatic carbocycles. The van der Waals surface area contributed by atoms with E-state index in [9.17, 15) is 22.4 Å². The molecular weight excluding hydrogens is 308 g/mol. The number of aliphatic carboxylic acids is 1. The molecule has 0 amide bonds. The third-order valence-corrected chi connectivity index (χ3v) is 2.76. The molecule has 0 heterocycles. The van der Waals surface area contributed by atoms with Crippen LogP contribution in [0.15, 0.2) is 22.7 Å². The van der Waals surface area contributed by atoms with E-state index < -0.39 is 35.9 Å². The highest BCUT2D eigenvalue weighted by molar-refractivity contribution is 9.10. The first-order valence-corrected chi connectivity index (χ1v) is 5.24. The van der Waals surface area contributed by atoms with Gasteiger partial charge < -0.3 is 5.11 Å². The molecule has 0 saturated heterocycles. The number of hydrogen-bond acceptors (Lipinski definition) is 1. The fourth-order valence-electron chi connectivity index (χ4n) is 1.33. The summed E-state index contributed by atoms with van der Waals surface area (Å²) < 4.78 is 50.9. The van der Waals surface area contributed by atoms with Crippen LogP contribution in [0.3, 0.4) is 0 Å². The van der Waals surface area contributed by atoms with Crippen molar-refractivity contribution >= 4 is 21.9 Å². The fourth-order valence-corrected chi connectivity index (χ4v) is 1.57. The van der Waals surface area contributed by atoms with Gasteiger partial charge in [0.15, 0.2) is 0 Å². The van der Waals surface area contributed by atoms with Crippen molar-refractivity contribution in [3.8, 4) is 0 Å². The van der Waals surface area contributed by atoms with Gasteiger partial charge in [0, 0.05) is 0 Å². The Bertz CT molecular complexity index is 431. The second-order valence-corrected chi connectivity index (χ2v) is 4.22. The number of halogens is 5. The van der Waals surface area contributed by atoms with Gasteiger partial charge in [-0.1, -0.05) is 6.07 Å². The predicted molar refractivity (Wildman–Crippen MR) is 55.1 cm³/mol. The summed E-state index contributed by atoms with van der Waals surface area (Å²) in [5, 5.41) is 8.43. The molecule has 0 aromatic heterocycles. The molecule has 1 unspecified atom stereocenters. The molecule has 0 spiro atoms. The Kier molecular flexibility index (Phi) is 4.13. The van der Waals surface area contributed by atoms with Gasteiger partial charge in [0.2, 0.25) is 0 Å². The molecular formula is C10H7BrF4O2. The average molecular weight is 315 g/mol. The Labute approximate surface area is 102 Å². The standard InChI is InChI=1S/C10H7BrF4O2/c11-7-2-1-5(3-8(7)12)6(4-9(16)17)10(13,14)15/h1-3,6H,4H2,(H,16,17). The predicted octanol–water partition coefficient (Wildman–Crippen LogP) is 3.71. The van der Waals surface area contributed by atoms with Crippen molar-refractivity contribution in [1.82, 2.24) is 0 Å². The van der Waals surface area contributed by atoms with Crippen LogP contribution in [0.2, 0.25) is 0 Å². The van der Waals surface area contributed by atoms with Gasteiger partial charge >= 0.3 is 12.1 Å². The van der Waals surface area contributed by atoms with E-state index in [1.165, 1.54) is 0 Å². The van der Waals surface area contributed by atoms with E-state index in [4.69, 9.17) is 5.11 Å². The van der Waals surface area contributed by atoms with Crippen molar-refractivity contribution in [2.24, 2.45) is 0 Å². The third-order valence-electron chi connectivity index (χ3n) is 2.12. The fraction of sp³-hybridized carbons (Fsp3) is 0.300. The molecule has 2 nitrogen and oxygen atoms in total. The second-order valence-electron chi connectivity index (χ2n) is 3.37. The number of carbonyl (C=O) groups is 1. The van der Waals surface area contributed by atoms with E-state index in [-0.39, 0.29) is 4.47 Å². The van der Waals surface area contributed by atoms with Crippen LogP contribution in [0.5, 0.6) is 0 Å². The Hall–Kier alpha value is -1.11. The summed E-state index contributed by atoms with van der Waals surface area (Å²) in [5.41, 5.74) is -0.402. The lowest BCUT2D eigenvalue weighted by Gasteiger charge is -2.19. The maximum absolute atomic E-state index is 13.1. The monoisotopic (exact) mass is 314 g/mol. The molecule has 1 rings (SSSR count). The Morgan fingerprint density at radius 1 is 1.41 bits per heavy atom. The van der Waals surface area contributed by atoms with Crippen LogP contribution in [-0.2, 0) is 4.79 Å². The van der Waals surface area contributed by atoms with Crippen LogP contribution in [0.4, 0.5) is 17.6 Å². The zero-order valence-corrected chi connectivity index (χ0v) is 9.85. The van der Waals surface area contributed by atoms with Crippen LogP contribution in [0, 0.1) is 5.82 Å². The Balaban J connectivity index is 3.13. The molecule has 0 aliphatic rings. The lowest BCUT2D eigenvalue weighted by Crippen LogP contribution is -2.23. The summed E-state index contributed by atoms with van der Waals surface area (Å²) in [6.07, 6.45) is -5.84. The largest absolute Gasteiger partial charge is 0.481 e. The lowest BCUT2D eigenvalue weighted by molar-refractivity contribution is -0.163. The van der Waals surface area contributed by atoms with E-state index in [1.54, 1.807) is 0 Å². The topological polar surface area (TPSA) is 37.3 Å². The highest BCUT2D eigenvalue weighted by Crippen LogP contribution is 2.38. The molecule has 0 radical (unpaired) electrons. The van der Waals surface area contributed by atoms with E-state index in [1.807, 2.05) is 0 Å². The first-order valence-electron chi connectivity index (χ1n) is 4.45. The van der Waals surface area contributed by atoms with Gasteiger partial charge in [-0.15, -0.1) is 0 Å². The minimum atomic E-state index is -4.72. The zero-order valence-electron chi connectivity index (χ0n) is 8.26. The summed E-state index contributed by atoms with van der Waals surface area (Å²) in [7, 11) is 0. The molecule has 1 atom stereocenters. The quantitative estimate of drug-likeness (QED) is 0.864. The van der Waals surface area contributed by atoms with E-state index >= 15 is 0 Å². The average Bonchev–Trinajstić information content (AvgIpc) is 2.17. The van der Waals surface area contributed by atoms with Gasteiger partial charge in [-0.05, 0) is 33.6 Å². The van der Waals surface area contributed by atoms with Crippen molar-refractivity contribution in [2.75, 3.05) is 0 Å². The molecule has 94 valence electrons. The Morgan fingerprint density at radius 3 is 2.41 bits per heavy atom. The van der Waals surface area contributed by atoms with Gasteiger partial charge in [-0.3, -0.25) is 4.79 Å². The normalized spacial score (nSPS) is 13.5. The molecule has 1 aromatic rings. The van der Waals surface area contributed by atoms with Gasteiger partial charge in [0.05, 0.1) is 16.8 Å². The molecule has 1 aromatic carbocycles. The van der Waals surface area contributed by atoms with E-state index in [0.717, 1.165) is 12.1 Å². The van der Waals surface area contributed by atoms with Crippen LogP contribution in [0.1, 0.15) is 17.9 Å². The summed E-state index contributed by atoms with van der Waals surface area (Å²) >= 11 is 2.81. The zero-order chi connectivity index (χ0) is 13.2. The number of carboxylic acid groups (broad SMARTS) is 1. The van der Waals surface area contributed by atoms with Crippen LogP contribution in [0.25, 0.3) is 0 Å². The smallest absolute Gasteiger partial charge is 0.396 e. The van der Waals surface area contributed by atoms with Crippen LogP contribution < -0.4 is 0 Å². The van der Waals surface area contributed by atoms with Crippen molar-refractivity contribution in [2.45, 2.75) is 18.5 Å². The van der Waals surface area contributed by atoms with Gasteiger partial charge in [0.25, 0.3) is 0 Å². The van der Waals surface area contributed by atoms with Crippen molar-refractivity contribution in [3.63, 3.8) is 0 Å². The number of alkyl halides is 3. The van der Waals surface area contributed by atoms with Crippen LogP contribution in [-0.4, -0.2) is 17.3 Å². The molecule has 17 heavy (non-hydrogen) atoms. The highest BCUT2D eigenvalue weighted by Gasteiger charge is 2.42. The second kappa shape index (κ2) is 5.03. The van der Waals surface area contributed by atoms with Crippen molar-refractivity contribution < 1.29 is 27.5 Å². The molecule has 1 N–H and O–H groups in total. The highest BCUT2D eigenvalue weighted by atomic mass is 79.9. The number of hydrogen-bond donors (Lipinski definition) is 1. The summed E-state index contributed by atoms with van der Waals surface area (Å²) in [6, 6.07) is 2.85. The third kappa shape index (κ3) is 3.69. The minimum absolute atomic E-state index is 0.0255. The van der Waals surface area contributed by atoms with E-state index in [0.29, 0.717) is 6.07 Å². The molecule has 0 saturated carbocycles. The summed E-state index contributed by atoms with van der Waals surface area (Å²) in [5.74, 6) is -4.65. The molecule has 0 fully saturated rings. The summed E-state index contributed by atoms with van der Waals surface area (Å²) in [6.45, 7) is 0. The number of benzene rings is 1. The maximum Gasteiger partial charge on any atom is 0.396 e. The maximum atomic E-state index is 13.1. The minimum Gasteiger partial charge on any atom is -0.481 e. The van der Waals surface area contributed by atoms with E-state index in [2.05, 4.69) is 15.9 Å². The van der Waals surface area contributed by atoms with Crippen LogP contribution >= 0.6 is 15.9 Å². The van der Waals surface area contributed by atoms with Gasteiger partial charge in [0.1, 0.15) is 5.82 Å².